The molecule has 2 N–H and O–H groups in total. The van der Waals surface area contributed by atoms with Crippen LogP contribution in [0.5, 0.6) is 0 Å². The van der Waals surface area contributed by atoms with Gasteiger partial charge in [-0.25, -0.2) is 0 Å². The van der Waals surface area contributed by atoms with E-state index in [1.165, 1.54) is 0 Å². The molecule has 1 atom stereocenters. The van der Waals surface area contributed by atoms with Crippen LogP contribution in [0.25, 0.3) is 0 Å². The molecule has 1 amide bonds. The Labute approximate surface area is 127 Å². The minimum absolute atomic E-state index is 0.158. The van der Waals surface area contributed by atoms with Crippen LogP contribution < -0.4 is 5.32 Å². The van der Waals surface area contributed by atoms with Crippen LogP contribution in [-0.2, 0) is 9.59 Å². The summed E-state index contributed by atoms with van der Waals surface area (Å²) in [6.45, 7) is 6.88. The van der Waals surface area contributed by atoms with Gasteiger partial charge in [0.05, 0.1) is 5.41 Å². The zero-order valence-electron chi connectivity index (χ0n) is 13.3. The lowest BCUT2D eigenvalue weighted by Gasteiger charge is -2.44. The van der Waals surface area contributed by atoms with Gasteiger partial charge in [-0.15, -0.1) is 0 Å². The van der Waals surface area contributed by atoms with E-state index in [1.54, 1.807) is 0 Å². The first-order valence-corrected chi connectivity index (χ1v) is 8.17. The third-order valence-electron chi connectivity index (χ3n) is 5.27. The predicted octanol–water partition coefficient (Wildman–Crippen LogP) is 1.87. The molecule has 0 radical (unpaired) electrons. The van der Waals surface area contributed by atoms with Crippen molar-refractivity contribution in [2.45, 2.75) is 52.4 Å². The Morgan fingerprint density at radius 1 is 1.24 bits per heavy atom. The topological polar surface area (TPSA) is 69.6 Å². The van der Waals surface area contributed by atoms with E-state index < -0.39 is 11.4 Å². The summed E-state index contributed by atoms with van der Waals surface area (Å²) in [6, 6.07) is 0. The average Bonchev–Trinajstić information content (AvgIpc) is 2.47. The normalized spacial score (nSPS) is 29.1. The quantitative estimate of drug-likeness (QED) is 0.831. The summed E-state index contributed by atoms with van der Waals surface area (Å²) < 4.78 is 0. The molecule has 0 saturated carbocycles. The molecule has 5 nitrogen and oxygen atoms in total. The number of aliphatic carboxylic acids is 1. The SMILES string of the molecule is CCCC1(C(=O)O)CCCN(C(=O)C2(C)CCNCC2)C1. The fourth-order valence-electron chi connectivity index (χ4n) is 3.84. The highest BCUT2D eigenvalue weighted by molar-refractivity contribution is 5.84. The maximum absolute atomic E-state index is 12.9. The van der Waals surface area contributed by atoms with E-state index >= 15 is 0 Å². The Morgan fingerprint density at radius 3 is 2.48 bits per heavy atom. The zero-order chi connectivity index (χ0) is 15.5. The van der Waals surface area contributed by atoms with Crippen molar-refractivity contribution < 1.29 is 14.7 Å². The van der Waals surface area contributed by atoms with Crippen molar-refractivity contribution in [1.82, 2.24) is 10.2 Å². The summed E-state index contributed by atoms with van der Waals surface area (Å²) in [5.74, 6) is -0.581. The third-order valence-corrected chi connectivity index (χ3v) is 5.27. The van der Waals surface area contributed by atoms with Crippen molar-refractivity contribution in [2.75, 3.05) is 26.2 Å². The number of hydrogen-bond acceptors (Lipinski definition) is 3. The minimum Gasteiger partial charge on any atom is -0.481 e. The van der Waals surface area contributed by atoms with E-state index in [4.69, 9.17) is 0 Å². The second kappa shape index (κ2) is 6.34. The van der Waals surface area contributed by atoms with Crippen molar-refractivity contribution in [3.05, 3.63) is 0 Å². The number of likely N-dealkylation sites (tertiary alicyclic amines) is 1. The van der Waals surface area contributed by atoms with Gasteiger partial charge in [0, 0.05) is 18.5 Å². The van der Waals surface area contributed by atoms with Gasteiger partial charge in [-0.3, -0.25) is 9.59 Å². The molecule has 2 saturated heterocycles. The Morgan fingerprint density at radius 2 is 1.90 bits per heavy atom. The first kappa shape index (κ1) is 16.3. The largest absolute Gasteiger partial charge is 0.481 e. The summed E-state index contributed by atoms with van der Waals surface area (Å²) in [5, 5.41) is 12.9. The predicted molar refractivity (Wildman–Crippen MR) is 81.0 cm³/mol. The molecule has 21 heavy (non-hydrogen) atoms. The van der Waals surface area contributed by atoms with Gasteiger partial charge >= 0.3 is 5.97 Å². The molecule has 2 fully saturated rings. The van der Waals surface area contributed by atoms with Gasteiger partial charge in [-0.2, -0.15) is 0 Å². The van der Waals surface area contributed by atoms with Crippen LogP contribution in [0.1, 0.15) is 52.4 Å². The molecule has 2 aliphatic rings. The molecule has 2 rings (SSSR count). The fourth-order valence-corrected chi connectivity index (χ4v) is 3.84. The van der Waals surface area contributed by atoms with Gasteiger partial charge in [-0.05, 0) is 45.2 Å². The Bertz CT molecular complexity index is 400. The van der Waals surface area contributed by atoms with Crippen LogP contribution in [0.15, 0.2) is 0 Å². The highest BCUT2D eigenvalue weighted by Gasteiger charge is 2.46. The molecule has 0 aliphatic carbocycles. The average molecular weight is 296 g/mol. The standard InChI is InChI=1S/C16H28N2O3/c1-3-5-16(14(20)21)6-4-11-18(12-16)13(19)15(2)7-9-17-10-8-15/h17H,3-12H2,1-2H3,(H,20,21). The maximum Gasteiger partial charge on any atom is 0.311 e. The summed E-state index contributed by atoms with van der Waals surface area (Å²) in [5.41, 5.74) is -1.05. The number of nitrogens with one attached hydrogen (secondary N) is 1. The number of nitrogens with zero attached hydrogens (tertiary/aromatic N) is 1. The summed E-state index contributed by atoms with van der Waals surface area (Å²) in [7, 11) is 0. The first-order chi connectivity index (χ1) is 9.93. The van der Waals surface area contributed by atoms with Gasteiger partial charge in [0.15, 0.2) is 0 Å². The maximum atomic E-state index is 12.9. The molecule has 0 aromatic heterocycles. The number of carboxylic acid groups (broad SMARTS) is 1. The van der Waals surface area contributed by atoms with Gasteiger partial charge in [-0.1, -0.05) is 20.3 Å². The lowest BCUT2D eigenvalue weighted by Crippen LogP contribution is -2.55. The number of carbonyl (C=O) groups is 2. The number of carboxylic acids is 1. The Balaban J connectivity index is 2.12. The molecule has 120 valence electrons. The van der Waals surface area contributed by atoms with E-state index in [0.717, 1.165) is 38.8 Å². The summed E-state index contributed by atoms with van der Waals surface area (Å²) >= 11 is 0. The van der Waals surface area contributed by atoms with Crippen molar-refractivity contribution >= 4 is 11.9 Å². The van der Waals surface area contributed by atoms with E-state index in [0.29, 0.717) is 25.9 Å². The number of rotatable bonds is 4. The molecule has 2 heterocycles. The van der Waals surface area contributed by atoms with E-state index in [-0.39, 0.29) is 11.3 Å². The van der Waals surface area contributed by atoms with Crippen LogP contribution in [0.4, 0.5) is 0 Å². The second-order valence-electron chi connectivity index (χ2n) is 6.98. The van der Waals surface area contributed by atoms with Crippen molar-refractivity contribution in [3.63, 3.8) is 0 Å². The monoisotopic (exact) mass is 296 g/mol. The molecule has 0 aromatic carbocycles. The molecular formula is C16H28N2O3. The summed E-state index contributed by atoms with van der Waals surface area (Å²) in [4.78, 5) is 26.5. The van der Waals surface area contributed by atoms with Crippen LogP contribution >= 0.6 is 0 Å². The van der Waals surface area contributed by atoms with Crippen LogP contribution in [-0.4, -0.2) is 48.1 Å². The molecular weight excluding hydrogens is 268 g/mol. The van der Waals surface area contributed by atoms with Gasteiger partial charge < -0.3 is 15.3 Å². The third kappa shape index (κ3) is 3.23. The van der Waals surface area contributed by atoms with Crippen LogP contribution in [0.2, 0.25) is 0 Å². The van der Waals surface area contributed by atoms with E-state index in [2.05, 4.69) is 5.32 Å². The van der Waals surface area contributed by atoms with Gasteiger partial charge in [0.1, 0.15) is 0 Å². The highest BCUT2D eigenvalue weighted by Crippen LogP contribution is 2.38. The summed E-state index contributed by atoms with van der Waals surface area (Å²) in [6.07, 6.45) is 4.68. The number of carbonyl (C=O) groups excluding carboxylic acids is 1. The van der Waals surface area contributed by atoms with E-state index in [1.807, 2.05) is 18.7 Å². The van der Waals surface area contributed by atoms with Crippen molar-refractivity contribution in [3.8, 4) is 0 Å². The Hall–Kier alpha value is -1.10. The Kier molecular flexibility index (Phi) is 4.91. The van der Waals surface area contributed by atoms with E-state index in [9.17, 15) is 14.7 Å². The lowest BCUT2D eigenvalue weighted by atomic mass is 9.74. The van der Waals surface area contributed by atoms with Crippen molar-refractivity contribution in [2.24, 2.45) is 10.8 Å². The highest BCUT2D eigenvalue weighted by atomic mass is 16.4. The number of piperidine rings is 2. The molecule has 0 bridgehead atoms. The molecule has 0 aromatic rings. The molecule has 1 unspecified atom stereocenters. The number of amides is 1. The molecule has 0 spiro atoms. The fraction of sp³-hybridized carbons (Fsp3) is 0.875. The lowest BCUT2D eigenvalue weighted by molar-refractivity contribution is -0.158. The number of hydrogen-bond donors (Lipinski definition) is 2. The molecule has 2 aliphatic heterocycles. The smallest absolute Gasteiger partial charge is 0.311 e. The first-order valence-electron chi connectivity index (χ1n) is 8.17. The second-order valence-corrected chi connectivity index (χ2v) is 6.98. The van der Waals surface area contributed by atoms with Crippen LogP contribution in [0.3, 0.4) is 0 Å². The van der Waals surface area contributed by atoms with Gasteiger partial charge in [0.25, 0.3) is 0 Å². The van der Waals surface area contributed by atoms with Crippen LogP contribution in [0, 0.1) is 10.8 Å². The zero-order valence-corrected chi connectivity index (χ0v) is 13.3. The van der Waals surface area contributed by atoms with Crippen molar-refractivity contribution in [1.29, 1.82) is 0 Å². The van der Waals surface area contributed by atoms with Gasteiger partial charge in [0.2, 0.25) is 5.91 Å². The minimum atomic E-state index is -0.739. The molecule has 5 heteroatoms.